The van der Waals surface area contributed by atoms with Crippen LogP contribution in [0.25, 0.3) is 0 Å². The largest absolute Gasteiger partial charge is 0.479 e. The molecule has 0 aliphatic rings. The van der Waals surface area contributed by atoms with Gasteiger partial charge < -0.3 is 20.1 Å². The van der Waals surface area contributed by atoms with Gasteiger partial charge in [-0.2, -0.15) is 0 Å². The smallest absolute Gasteiger partial charge is 0.345 e. The van der Waals surface area contributed by atoms with Gasteiger partial charge in [0.25, 0.3) is 11.8 Å². The second-order valence-electron chi connectivity index (χ2n) is 6.25. The Kier molecular flexibility index (Phi) is 8.27. The van der Waals surface area contributed by atoms with Crippen molar-refractivity contribution in [1.29, 1.82) is 0 Å². The number of nitrogens with one attached hydrogen (secondary N) is 1. The van der Waals surface area contributed by atoms with Crippen molar-refractivity contribution in [2.75, 3.05) is 13.6 Å². The van der Waals surface area contributed by atoms with Crippen LogP contribution < -0.4 is 5.32 Å². The second-order valence-corrected chi connectivity index (χ2v) is 6.68. The first-order valence-electron chi connectivity index (χ1n) is 8.84. The molecule has 0 bridgehead atoms. The van der Waals surface area contributed by atoms with E-state index in [2.05, 4.69) is 5.32 Å². The summed E-state index contributed by atoms with van der Waals surface area (Å²) in [6, 6.07) is 15.6. The third-order valence-corrected chi connectivity index (χ3v) is 4.28. The molecule has 1 atom stereocenters. The van der Waals surface area contributed by atoms with Gasteiger partial charge in [0.15, 0.2) is 12.0 Å². The van der Waals surface area contributed by atoms with Crippen molar-refractivity contribution in [1.82, 2.24) is 10.2 Å². The maximum Gasteiger partial charge on any atom is 0.345 e. The van der Waals surface area contributed by atoms with Gasteiger partial charge in [0.2, 0.25) is 0 Å². The van der Waals surface area contributed by atoms with E-state index in [1.807, 2.05) is 30.3 Å². The van der Waals surface area contributed by atoms with Crippen LogP contribution in [0.15, 0.2) is 60.5 Å². The highest BCUT2D eigenvalue weighted by molar-refractivity contribution is 6.30. The summed E-state index contributed by atoms with van der Waals surface area (Å²) >= 11 is 5.78. The molecule has 1 amide bonds. The van der Waals surface area contributed by atoms with E-state index in [0.717, 1.165) is 5.56 Å². The van der Waals surface area contributed by atoms with Crippen molar-refractivity contribution in [3.63, 3.8) is 0 Å². The molecule has 0 aliphatic carbocycles. The van der Waals surface area contributed by atoms with Crippen molar-refractivity contribution >= 4 is 29.4 Å². The molecule has 0 radical (unpaired) electrons. The highest BCUT2D eigenvalue weighted by Gasteiger charge is 2.23. The Hall–Kier alpha value is -3.28. The number of nitrogens with zero attached hydrogens (tertiary/aromatic N) is 1. The molecule has 0 spiro atoms. The zero-order chi connectivity index (χ0) is 21.2. The van der Waals surface area contributed by atoms with E-state index in [1.165, 1.54) is 4.90 Å². The summed E-state index contributed by atoms with van der Waals surface area (Å²) in [5.74, 6) is -0.179. The molecule has 2 N–H and O–H groups in total. The lowest BCUT2D eigenvalue weighted by Gasteiger charge is -2.23. The first-order valence-corrected chi connectivity index (χ1v) is 9.22. The molecule has 1 unspecified atom stereocenters. The Labute approximate surface area is 173 Å². The van der Waals surface area contributed by atoms with Gasteiger partial charge in [-0.3, -0.25) is 4.79 Å². The number of halogens is 1. The normalized spacial score (nSPS) is 11.1. The van der Waals surface area contributed by atoms with Gasteiger partial charge in [0.1, 0.15) is 0 Å². The summed E-state index contributed by atoms with van der Waals surface area (Å²) in [7, 11) is 1.61. The fraction of sp³-hybridized carbons (Fsp3) is 0.238. The summed E-state index contributed by atoms with van der Waals surface area (Å²) < 4.78 is 5.35. The predicted octanol–water partition coefficient (Wildman–Crippen LogP) is 2.73. The minimum absolute atomic E-state index is 0.0287. The third-order valence-electron chi connectivity index (χ3n) is 4.02. The summed E-state index contributed by atoms with van der Waals surface area (Å²) in [6.45, 7) is 0.401. The van der Waals surface area contributed by atoms with E-state index in [-0.39, 0.29) is 24.8 Å². The molecule has 2 aromatic rings. The van der Waals surface area contributed by atoms with Gasteiger partial charge in [-0.25, -0.2) is 9.59 Å². The number of carboxylic acids is 1. The van der Waals surface area contributed by atoms with Crippen LogP contribution in [-0.4, -0.2) is 47.5 Å². The Morgan fingerprint density at radius 3 is 2.41 bits per heavy atom. The number of ether oxygens (including phenoxy) is 1. The Bertz CT molecular complexity index is 880. The lowest BCUT2D eigenvalue weighted by molar-refractivity contribution is -0.149. The van der Waals surface area contributed by atoms with Crippen molar-refractivity contribution in [3.05, 3.63) is 76.6 Å². The first-order chi connectivity index (χ1) is 13.9. The van der Waals surface area contributed by atoms with Crippen LogP contribution in [0, 0.1) is 0 Å². The average Bonchev–Trinajstić information content (AvgIpc) is 2.71. The summed E-state index contributed by atoms with van der Waals surface area (Å²) in [4.78, 5) is 36.3. The van der Waals surface area contributed by atoms with E-state index in [0.29, 0.717) is 17.1 Å². The third kappa shape index (κ3) is 6.99. The number of carbonyl (C=O) groups excluding carboxylic acids is 2. The number of carbonyl (C=O) groups is 2. The van der Waals surface area contributed by atoms with Gasteiger partial charge in [-0.05, 0) is 29.8 Å². The van der Waals surface area contributed by atoms with Gasteiger partial charge in [-0.15, -0.1) is 0 Å². The number of rotatable bonds is 10. The highest BCUT2D eigenvalue weighted by atomic mass is 35.5. The Morgan fingerprint density at radius 2 is 1.83 bits per heavy atom. The molecular formula is C21H21ClN2O5. The quantitative estimate of drug-likeness (QED) is 0.456. The molecule has 29 heavy (non-hydrogen) atoms. The molecule has 2 rings (SSSR count). The van der Waals surface area contributed by atoms with Crippen molar-refractivity contribution in [2.45, 2.75) is 19.1 Å². The summed E-state index contributed by atoms with van der Waals surface area (Å²) in [5.41, 5.74) is 1.33. The summed E-state index contributed by atoms with van der Waals surface area (Å²) in [6.07, 6.45) is -1.34. The average molecular weight is 417 g/mol. The zero-order valence-corrected chi connectivity index (χ0v) is 16.6. The zero-order valence-electron chi connectivity index (χ0n) is 15.8. The van der Waals surface area contributed by atoms with E-state index in [4.69, 9.17) is 16.3 Å². The van der Waals surface area contributed by atoms with Crippen LogP contribution in [0.2, 0.25) is 5.02 Å². The van der Waals surface area contributed by atoms with Crippen LogP contribution >= 0.6 is 11.6 Å². The predicted molar refractivity (Wildman–Crippen MR) is 108 cm³/mol. The number of aliphatic carboxylic acids is 1. The van der Waals surface area contributed by atoms with Crippen molar-refractivity contribution < 1.29 is 24.2 Å². The lowest BCUT2D eigenvalue weighted by Crippen LogP contribution is -2.34. The van der Waals surface area contributed by atoms with Gasteiger partial charge in [0.05, 0.1) is 0 Å². The van der Waals surface area contributed by atoms with Crippen molar-refractivity contribution in [3.8, 4) is 0 Å². The van der Waals surface area contributed by atoms with E-state index < -0.39 is 12.1 Å². The fourth-order valence-corrected chi connectivity index (χ4v) is 2.63. The summed E-state index contributed by atoms with van der Waals surface area (Å²) in [5, 5.41) is 12.5. The van der Waals surface area contributed by atoms with E-state index in [1.54, 1.807) is 37.3 Å². The number of amides is 1. The molecule has 7 nitrogen and oxygen atoms in total. The van der Waals surface area contributed by atoms with Crippen LogP contribution in [0.3, 0.4) is 0 Å². The van der Waals surface area contributed by atoms with Gasteiger partial charge in [-0.1, -0.05) is 41.9 Å². The molecule has 0 saturated heterocycles. The SMILES string of the molecule is CN(Cc1ccccc1)C(=C=O)OC(CCNC(=O)c1ccc(Cl)cc1)C(=O)O. The Morgan fingerprint density at radius 1 is 1.17 bits per heavy atom. The van der Waals surface area contributed by atoms with Crippen molar-refractivity contribution in [2.24, 2.45) is 0 Å². The Balaban J connectivity index is 1.90. The molecule has 0 fully saturated rings. The van der Waals surface area contributed by atoms with Crippen LogP contribution in [-0.2, 0) is 20.9 Å². The molecular weight excluding hydrogens is 396 g/mol. The van der Waals surface area contributed by atoms with Crippen LogP contribution in [0.4, 0.5) is 0 Å². The molecule has 0 aliphatic heterocycles. The number of hydrogen-bond acceptors (Lipinski definition) is 5. The molecule has 152 valence electrons. The molecule has 2 aromatic carbocycles. The van der Waals surface area contributed by atoms with E-state index in [9.17, 15) is 19.5 Å². The van der Waals surface area contributed by atoms with Gasteiger partial charge >= 0.3 is 5.97 Å². The van der Waals surface area contributed by atoms with Crippen LogP contribution in [0.5, 0.6) is 0 Å². The first kappa shape index (κ1) is 22.0. The molecule has 0 aromatic heterocycles. The second kappa shape index (κ2) is 10.9. The minimum atomic E-state index is -1.31. The highest BCUT2D eigenvalue weighted by Crippen LogP contribution is 2.12. The van der Waals surface area contributed by atoms with Crippen LogP contribution in [0.1, 0.15) is 22.3 Å². The molecule has 8 heteroatoms. The monoisotopic (exact) mass is 416 g/mol. The number of carboxylic acid groups (broad SMARTS) is 1. The number of hydrogen-bond donors (Lipinski definition) is 2. The maximum atomic E-state index is 12.1. The van der Waals surface area contributed by atoms with Gasteiger partial charge in [0, 0.05) is 37.1 Å². The minimum Gasteiger partial charge on any atom is -0.479 e. The maximum absolute atomic E-state index is 12.1. The molecule has 0 saturated carbocycles. The standard InChI is InChI=1S/C21H21ClN2O5/c1-24(13-15-5-3-2-4-6-15)19(14-25)29-18(21(27)28)11-12-23-20(26)16-7-9-17(22)10-8-16/h2-10,18H,11-13H2,1H3,(H,23,26)(H,27,28). The number of benzene rings is 2. The molecule has 0 heterocycles. The lowest BCUT2D eigenvalue weighted by atomic mass is 10.2. The topological polar surface area (TPSA) is 95.9 Å². The van der Waals surface area contributed by atoms with E-state index >= 15 is 0 Å². The fourth-order valence-electron chi connectivity index (χ4n) is 2.51.